The van der Waals surface area contributed by atoms with E-state index < -0.39 is 0 Å². The lowest BCUT2D eigenvalue weighted by atomic mass is 10.1. The van der Waals surface area contributed by atoms with E-state index in [1.165, 1.54) is 21.4 Å². The predicted octanol–water partition coefficient (Wildman–Crippen LogP) is 6.04. The fraction of sp³-hybridized carbons (Fsp3) is 0.379. The standard InChI is InChI=1S/C17H16N2S.C10H16N2O2.C2H6/c1-3-14-12(2)20-16-10-5-4-8-13(16)17(19-14)15-9-6-7-11-18-15;1-2-5-9(13)12-8-6-3-4-7-11-10(8)14;1-2/h4-11H,3H2,1-2H3;2,8H,1,3-7H2,(H,11,14)(H,12,13);1-2H3. The van der Waals surface area contributed by atoms with Crippen LogP contribution in [0.25, 0.3) is 0 Å². The summed E-state index contributed by atoms with van der Waals surface area (Å²) >= 11 is 1.80. The molecule has 2 aromatic rings. The van der Waals surface area contributed by atoms with Gasteiger partial charge in [0.05, 0.1) is 17.1 Å². The molecular formula is C29H38N4O2S. The number of amides is 2. The molecule has 1 aromatic heterocycles. The Bertz CT molecular complexity index is 1080. The van der Waals surface area contributed by atoms with Crippen molar-refractivity contribution in [2.24, 2.45) is 4.99 Å². The Morgan fingerprint density at radius 1 is 1.19 bits per heavy atom. The Labute approximate surface area is 219 Å². The van der Waals surface area contributed by atoms with Gasteiger partial charge in [-0.15, -0.1) is 6.58 Å². The highest BCUT2D eigenvalue weighted by Crippen LogP contribution is 2.36. The summed E-state index contributed by atoms with van der Waals surface area (Å²) in [6.45, 7) is 12.5. The zero-order valence-corrected chi connectivity index (χ0v) is 22.7. The van der Waals surface area contributed by atoms with Gasteiger partial charge in [0.25, 0.3) is 0 Å². The predicted molar refractivity (Wildman–Crippen MR) is 150 cm³/mol. The summed E-state index contributed by atoms with van der Waals surface area (Å²) in [5, 5.41) is 5.45. The highest BCUT2D eigenvalue weighted by atomic mass is 32.2. The molecule has 1 aromatic carbocycles. The van der Waals surface area contributed by atoms with E-state index >= 15 is 0 Å². The van der Waals surface area contributed by atoms with Crippen LogP contribution in [0.3, 0.4) is 0 Å². The Balaban J connectivity index is 0.000000252. The molecule has 2 amide bonds. The van der Waals surface area contributed by atoms with Gasteiger partial charge in [-0.1, -0.05) is 62.9 Å². The molecule has 36 heavy (non-hydrogen) atoms. The molecule has 192 valence electrons. The summed E-state index contributed by atoms with van der Waals surface area (Å²) in [6, 6.07) is 14.0. The highest BCUT2D eigenvalue weighted by molar-refractivity contribution is 8.03. The molecule has 6 nitrogen and oxygen atoms in total. The minimum Gasteiger partial charge on any atom is -0.354 e. The van der Waals surface area contributed by atoms with Gasteiger partial charge in [-0.05, 0) is 50.8 Å². The molecule has 1 saturated heterocycles. The molecular weight excluding hydrogens is 468 g/mol. The molecule has 0 spiro atoms. The lowest BCUT2D eigenvalue weighted by molar-refractivity contribution is -0.128. The summed E-state index contributed by atoms with van der Waals surface area (Å²) in [4.78, 5) is 34.5. The van der Waals surface area contributed by atoms with Crippen molar-refractivity contribution in [2.45, 2.75) is 70.7 Å². The topological polar surface area (TPSA) is 83.5 Å². The molecule has 1 atom stereocenters. The van der Waals surface area contributed by atoms with Crippen molar-refractivity contribution >= 4 is 29.3 Å². The second kappa shape index (κ2) is 15.7. The normalized spacial score (nSPS) is 16.8. The molecule has 7 heteroatoms. The lowest BCUT2D eigenvalue weighted by Crippen LogP contribution is -2.45. The maximum Gasteiger partial charge on any atom is 0.242 e. The third-order valence-corrected chi connectivity index (χ3v) is 6.62. The summed E-state index contributed by atoms with van der Waals surface area (Å²) in [6.07, 6.45) is 7.24. The average molecular weight is 507 g/mol. The van der Waals surface area contributed by atoms with Crippen molar-refractivity contribution in [3.63, 3.8) is 0 Å². The van der Waals surface area contributed by atoms with Crippen molar-refractivity contribution in [1.82, 2.24) is 15.6 Å². The molecule has 1 unspecified atom stereocenters. The number of hydrogen-bond acceptors (Lipinski definition) is 5. The molecule has 0 bridgehead atoms. The molecule has 4 rings (SSSR count). The minimum atomic E-state index is -0.357. The van der Waals surface area contributed by atoms with Crippen LogP contribution in [0.1, 0.15) is 71.1 Å². The van der Waals surface area contributed by atoms with E-state index in [0.29, 0.717) is 6.54 Å². The molecule has 2 N–H and O–H groups in total. The number of nitrogens with zero attached hydrogens (tertiary/aromatic N) is 2. The molecule has 2 aliphatic heterocycles. The number of fused-ring (bicyclic) bond motifs is 1. The summed E-state index contributed by atoms with van der Waals surface area (Å²) in [7, 11) is 0. The zero-order chi connectivity index (χ0) is 26.3. The van der Waals surface area contributed by atoms with Gasteiger partial charge in [-0.3, -0.25) is 14.6 Å². The number of hydrogen-bond donors (Lipinski definition) is 2. The zero-order valence-electron chi connectivity index (χ0n) is 21.8. The van der Waals surface area contributed by atoms with E-state index in [4.69, 9.17) is 4.99 Å². The fourth-order valence-corrected chi connectivity index (χ4v) is 4.80. The third-order valence-electron chi connectivity index (χ3n) is 5.50. The van der Waals surface area contributed by atoms with Crippen LogP contribution in [0.15, 0.2) is 81.8 Å². The molecule has 0 aliphatic carbocycles. The van der Waals surface area contributed by atoms with Crippen LogP contribution in [0, 0.1) is 0 Å². The van der Waals surface area contributed by atoms with Gasteiger partial charge in [0.1, 0.15) is 6.04 Å². The second-order valence-corrected chi connectivity index (χ2v) is 9.29. The van der Waals surface area contributed by atoms with Crippen LogP contribution in [0.5, 0.6) is 0 Å². The largest absolute Gasteiger partial charge is 0.354 e. The molecule has 2 aliphatic rings. The number of nitrogens with one attached hydrogen (secondary N) is 2. The fourth-order valence-electron chi connectivity index (χ4n) is 3.74. The molecule has 1 fully saturated rings. The minimum absolute atomic E-state index is 0.0695. The van der Waals surface area contributed by atoms with E-state index in [1.807, 2.05) is 38.2 Å². The number of aliphatic imine (C=N–C) groups is 1. The molecule has 0 radical (unpaired) electrons. The first-order valence-electron chi connectivity index (χ1n) is 12.7. The number of carbonyl (C=O) groups is 2. The van der Waals surface area contributed by atoms with Crippen LogP contribution in [-0.2, 0) is 9.59 Å². The third kappa shape index (κ3) is 8.48. The first kappa shape index (κ1) is 29.0. The van der Waals surface area contributed by atoms with Crippen LogP contribution >= 0.6 is 11.8 Å². The van der Waals surface area contributed by atoms with Gasteiger partial charge >= 0.3 is 0 Å². The average Bonchev–Trinajstić information content (AvgIpc) is 3.19. The molecule has 0 saturated carbocycles. The van der Waals surface area contributed by atoms with Gasteiger partial charge in [0.2, 0.25) is 11.8 Å². The van der Waals surface area contributed by atoms with E-state index in [-0.39, 0.29) is 24.3 Å². The number of rotatable bonds is 5. The second-order valence-electron chi connectivity index (χ2n) is 8.03. The van der Waals surface area contributed by atoms with Crippen molar-refractivity contribution in [3.8, 4) is 0 Å². The lowest BCUT2D eigenvalue weighted by Gasteiger charge is -2.14. The summed E-state index contributed by atoms with van der Waals surface area (Å²) in [5.74, 6) is -0.207. The van der Waals surface area contributed by atoms with Crippen molar-refractivity contribution in [2.75, 3.05) is 6.54 Å². The summed E-state index contributed by atoms with van der Waals surface area (Å²) in [5.41, 5.74) is 4.22. The first-order valence-corrected chi connectivity index (χ1v) is 13.5. The number of aromatic nitrogens is 1. The number of thioether (sulfide) groups is 1. The van der Waals surface area contributed by atoms with Crippen molar-refractivity contribution in [3.05, 3.63) is 83.2 Å². The number of pyridine rings is 1. The van der Waals surface area contributed by atoms with E-state index in [1.54, 1.807) is 11.8 Å². The maximum atomic E-state index is 11.4. The van der Waals surface area contributed by atoms with Gasteiger partial charge in [0.15, 0.2) is 0 Å². The van der Waals surface area contributed by atoms with Crippen LogP contribution in [0.4, 0.5) is 0 Å². The quantitative estimate of drug-likeness (QED) is 0.484. The summed E-state index contributed by atoms with van der Waals surface area (Å²) < 4.78 is 0. The van der Waals surface area contributed by atoms with Gasteiger partial charge < -0.3 is 10.6 Å². The highest BCUT2D eigenvalue weighted by Gasteiger charge is 2.21. The Kier molecular flexibility index (Phi) is 12.7. The Morgan fingerprint density at radius 3 is 2.64 bits per heavy atom. The number of allylic oxidation sites excluding steroid dienone is 2. The monoisotopic (exact) mass is 506 g/mol. The van der Waals surface area contributed by atoms with Gasteiger partial charge in [0, 0.05) is 34.5 Å². The smallest absolute Gasteiger partial charge is 0.242 e. The van der Waals surface area contributed by atoms with E-state index in [2.05, 4.69) is 60.3 Å². The molecule has 3 heterocycles. The number of benzene rings is 1. The Morgan fingerprint density at radius 2 is 1.94 bits per heavy atom. The van der Waals surface area contributed by atoms with E-state index in [9.17, 15) is 9.59 Å². The van der Waals surface area contributed by atoms with Crippen LogP contribution in [-0.4, -0.2) is 35.1 Å². The van der Waals surface area contributed by atoms with Gasteiger partial charge in [-0.2, -0.15) is 0 Å². The number of carbonyl (C=O) groups excluding carboxylic acids is 2. The SMILES string of the molecule is C=CCC(=O)NC1CCCCNC1=O.CC.CCC1=C(C)Sc2ccccc2C(c2ccccn2)=N1. The maximum absolute atomic E-state index is 11.4. The van der Waals surface area contributed by atoms with Gasteiger partial charge in [-0.25, -0.2) is 4.99 Å². The first-order chi connectivity index (χ1) is 17.5. The van der Waals surface area contributed by atoms with E-state index in [0.717, 1.165) is 42.8 Å². The van der Waals surface area contributed by atoms with Crippen LogP contribution in [0.2, 0.25) is 0 Å². The Hall–Kier alpha value is -3.19. The van der Waals surface area contributed by atoms with Crippen LogP contribution < -0.4 is 10.6 Å². The van der Waals surface area contributed by atoms with Crippen molar-refractivity contribution in [1.29, 1.82) is 0 Å². The van der Waals surface area contributed by atoms with Crippen molar-refractivity contribution < 1.29 is 9.59 Å².